The Balaban J connectivity index is 1.98. The number of halogens is 2. The lowest BCUT2D eigenvalue weighted by Crippen LogP contribution is -2.31. The fourth-order valence-corrected chi connectivity index (χ4v) is 3.70. The molecule has 0 radical (unpaired) electrons. The second kappa shape index (κ2) is 8.41. The number of hydrogen-bond donors (Lipinski definition) is 0. The third-order valence-corrected chi connectivity index (χ3v) is 4.89. The minimum atomic E-state index is -0.104. The van der Waals surface area contributed by atoms with Crippen molar-refractivity contribution in [3.8, 4) is 5.75 Å². The molecule has 3 aromatic rings. The van der Waals surface area contributed by atoms with Crippen LogP contribution in [-0.4, -0.2) is 22.3 Å². The van der Waals surface area contributed by atoms with Gasteiger partial charge in [-0.25, -0.2) is 4.98 Å². The largest absolute Gasteiger partial charge is 0.485 e. The fourth-order valence-electron chi connectivity index (χ4n) is 3.13. The molecular weight excluding hydrogens is 397 g/mol. The Hall–Kier alpha value is -2.24. The molecule has 0 aliphatic carbocycles. The van der Waals surface area contributed by atoms with E-state index >= 15 is 0 Å². The summed E-state index contributed by atoms with van der Waals surface area (Å²) in [6, 6.07) is 9.06. The number of benzene rings is 1. The lowest BCUT2D eigenvalue weighted by Gasteiger charge is -2.20. The van der Waals surface area contributed by atoms with Crippen molar-refractivity contribution in [2.24, 2.45) is 5.92 Å². The van der Waals surface area contributed by atoms with Crippen molar-refractivity contribution < 1.29 is 9.53 Å². The molecule has 5 nitrogen and oxygen atoms in total. The second-order valence-corrected chi connectivity index (χ2v) is 7.79. The van der Waals surface area contributed by atoms with Gasteiger partial charge in [-0.15, -0.1) is 0 Å². The van der Waals surface area contributed by atoms with E-state index < -0.39 is 0 Å². The van der Waals surface area contributed by atoms with Gasteiger partial charge in [0.2, 0.25) is 5.91 Å². The smallest absolute Gasteiger partial charge is 0.230 e. The molecule has 1 amide bonds. The quantitative estimate of drug-likeness (QED) is 0.536. The van der Waals surface area contributed by atoms with Crippen molar-refractivity contribution >= 4 is 40.6 Å². The molecule has 0 atom stereocenters. The maximum Gasteiger partial charge on any atom is 0.230 e. The van der Waals surface area contributed by atoms with Crippen LogP contribution in [0.3, 0.4) is 0 Å². The molecule has 3 rings (SSSR count). The van der Waals surface area contributed by atoms with Crippen LogP contribution < -0.4 is 9.64 Å². The number of pyridine rings is 1. The molecule has 0 spiro atoms. The van der Waals surface area contributed by atoms with Crippen molar-refractivity contribution in [2.45, 2.75) is 33.8 Å². The summed E-state index contributed by atoms with van der Waals surface area (Å²) in [5.41, 5.74) is 2.39. The average molecular weight is 420 g/mol. The van der Waals surface area contributed by atoms with Crippen LogP contribution in [0.15, 0.2) is 36.5 Å². The van der Waals surface area contributed by atoms with E-state index in [9.17, 15) is 4.79 Å². The first kappa shape index (κ1) is 20.5. The van der Waals surface area contributed by atoms with Gasteiger partial charge < -0.3 is 4.74 Å². The third-order valence-electron chi connectivity index (χ3n) is 4.45. The first-order valence-corrected chi connectivity index (χ1v) is 9.92. The van der Waals surface area contributed by atoms with Gasteiger partial charge in [-0.05, 0) is 42.3 Å². The zero-order valence-corrected chi connectivity index (χ0v) is 17.9. The highest BCUT2D eigenvalue weighted by Gasteiger charge is 2.23. The van der Waals surface area contributed by atoms with Crippen LogP contribution in [0.4, 0.5) is 5.82 Å². The van der Waals surface area contributed by atoms with Gasteiger partial charge in [-0.2, -0.15) is 0 Å². The number of fused-ring (bicyclic) bond motifs is 1. The molecule has 28 heavy (non-hydrogen) atoms. The van der Waals surface area contributed by atoms with Gasteiger partial charge in [0.05, 0.1) is 5.69 Å². The van der Waals surface area contributed by atoms with Crippen molar-refractivity contribution in [2.75, 3.05) is 11.9 Å². The van der Waals surface area contributed by atoms with E-state index in [1.807, 2.05) is 55.6 Å². The molecule has 1 aromatic carbocycles. The highest BCUT2D eigenvalue weighted by atomic mass is 35.5. The Kier molecular flexibility index (Phi) is 6.16. The van der Waals surface area contributed by atoms with Gasteiger partial charge in [-0.3, -0.25) is 14.1 Å². The van der Waals surface area contributed by atoms with Gasteiger partial charge in [-0.1, -0.05) is 44.0 Å². The van der Waals surface area contributed by atoms with E-state index in [0.717, 1.165) is 17.1 Å². The number of aryl methyl sites for hydroxylation is 1. The zero-order valence-electron chi connectivity index (χ0n) is 16.4. The molecule has 7 heteroatoms. The van der Waals surface area contributed by atoms with Crippen molar-refractivity contribution in [1.29, 1.82) is 0 Å². The topological polar surface area (TPSA) is 46.8 Å². The number of aromatic nitrogens is 2. The average Bonchev–Trinajstić information content (AvgIpc) is 3.03. The Morgan fingerprint density at radius 3 is 2.54 bits per heavy atom. The summed E-state index contributed by atoms with van der Waals surface area (Å²) in [5.74, 6) is 1.33. The van der Waals surface area contributed by atoms with Crippen LogP contribution in [-0.2, 0) is 17.8 Å². The predicted molar refractivity (Wildman–Crippen MR) is 114 cm³/mol. The molecule has 2 aromatic heterocycles. The molecule has 0 aliphatic heterocycles. The lowest BCUT2D eigenvalue weighted by atomic mass is 10.2. The maximum absolute atomic E-state index is 12.5. The number of amides is 1. The summed E-state index contributed by atoms with van der Waals surface area (Å²) in [4.78, 5) is 18.9. The number of hydrogen-bond acceptors (Lipinski definition) is 3. The number of imidazole rings is 1. The molecule has 0 aliphatic rings. The minimum absolute atomic E-state index is 0.0383. The van der Waals surface area contributed by atoms with Gasteiger partial charge >= 0.3 is 0 Å². The normalized spacial score (nSPS) is 11.2. The number of anilines is 1. The van der Waals surface area contributed by atoms with E-state index in [0.29, 0.717) is 34.5 Å². The minimum Gasteiger partial charge on any atom is -0.485 e. The van der Waals surface area contributed by atoms with Crippen LogP contribution in [0.5, 0.6) is 5.75 Å². The molecule has 0 fully saturated rings. The number of carbonyl (C=O) groups excluding carboxylic acids is 1. The van der Waals surface area contributed by atoms with E-state index in [-0.39, 0.29) is 11.8 Å². The van der Waals surface area contributed by atoms with Crippen molar-refractivity contribution in [3.05, 3.63) is 57.8 Å². The Morgan fingerprint density at radius 2 is 1.93 bits per heavy atom. The monoisotopic (exact) mass is 419 g/mol. The summed E-state index contributed by atoms with van der Waals surface area (Å²) < 4.78 is 7.91. The zero-order chi connectivity index (χ0) is 20.4. The van der Waals surface area contributed by atoms with Crippen LogP contribution in [0.1, 0.15) is 32.0 Å². The highest BCUT2D eigenvalue weighted by molar-refractivity contribution is 6.34. The Bertz CT molecular complexity index is 994. The van der Waals surface area contributed by atoms with E-state index in [4.69, 9.17) is 32.9 Å². The van der Waals surface area contributed by atoms with E-state index in [2.05, 4.69) is 0 Å². The van der Waals surface area contributed by atoms with E-state index in [1.165, 1.54) is 0 Å². The number of carbonyl (C=O) groups is 1. The van der Waals surface area contributed by atoms with Gasteiger partial charge in [0.1, 0.15) is 12.4 Å². The van der Waals surface area contributed by atoms with Crippen LogP contribution in [0.25, 0.3) is 5.65 Å². The SMILES string of the molecule is CCc1nc2c(OCc3cc(Cl)cc(Cl)c3)cccn2c1N(C)C(=O)C(C)C. The molecule has 0 saturated carbocycles. The van der Waals surface area contributed by atoms with Gasteiger partial charge in [0, 0.05) is 29.2 Å². The maximum atomic E-state index is 12.5. The molecule has 148 valence electrons. The van der Waals surface area contributed by atoms with Crippen LogP contribution in [0.2, 0.25) is 10.0 Å². The van der Waals surface area contributed by atoms with E-state index in [1.54, 1.807) is 18.0 Å². The highest BCUT2D eigenvalue weighted by Crippen LogP contribution is 2.29. The first-order valence-electron chi connectivity index (χ1n) is 9.17. The standard InChI is InChI=1S/C21H23Cl2N3O2/c1-5-17-20(25(4)21(27)13(2)3)26-8-6-7-18(19(26)24-17)28-12-14-9-15(22)11-16(23)10-14/h6-11,13H,5,12H2,1-4H3. The molecule has 0 saturated heterocycles. The summed E-state index contributed by atoms with van der Waals surface area (Å²) in [6.07, 6.45) is 2.60. The summed E-state index contributed by atoms with van der Waals surface area (Å²) in [6.45, 7) is 6.11. The van der Waals surface area contributed by atoms with Crippen LogP contribution >= 0.6 is 23.2 Å². The first-order chi connectivity index (χ1) is 13.3. The summed E-state index contributed by atoms with van der Waals surface area (Å²) in [5, 5.41) is 1.13. The van der Waals surface area contributed by atoms with Crippen molar-refractivity contribution in [3.63, 3.8) is 0 Å². The summed E-state index contributed by atoms with van der Waals surface area (Å²) >= 11 is 12.1. The van der Waals surface area contributed by atoms with Crippen molar-refractivity contribution in [1.82, 2.24) is 9.38 Å². The lowest BCUT2D eigenvalue weighted by molar-refractivity contribution is -0.121. The van der Waals surface area contributed by atoms with Gasteiger partial charge in [0.25, 0.3) is 0 Å². The molecule has 2 heterocycles. The molecule has 0 N–H and O–H groups in total. The second-order valence-electron chi connectivity index (χ2n) is 6.92. The summed E-state index contributed by atoms with van der Waals surface area (Å²) in [7, 11) is 1.78. The third kappa shape index (κ3) is 4.10. The Labute approximate surface area is 174 Å². The number of nitrogens with zero attached hydrogens (tertiary/aromatic N) is 3. The molecule has 0 unspecified atom stereocenters. The Morgan fingerprint density at radius 1 is 1.25 bits per heavy atom. The predicted octanol–water partition coefficient (Wildman–Crippen LogP) is 5.40. The molecular formula is C21H23Cl2N3O2. The number of rotatable bonds is 6. The molecule has 0 bridgehead atoms. The van der Waals surface area contributed by atoms with Gasteiger partial charge in [0.15, 0.2) is 11.4 Å². The number of ether oxygens (including phenoxy) is 1. The van der Waals surface area contributed by atoms with Crippen LogP contribution in [0, 0.1) is 5.92 Å². The fraction of sp³-hybridized carbons (Fsp3) is 0.333.